The predicted octanol–water partition coefficient (Wildman–Crippen LogP) is 2.14. The maximum absolute atomic E-state index is 5.35. The fourth-order valence-electron chi connectivity index (χ4n) is 1.26. The first kappa shape index (κ1) is 12.1. The van der Waals surface area contributed by atoms with Crippen molar-refractivity contribution in [2.45, 2.75) is 10.1 Å². The molecule has 1 aromatic carbocycles. The molecular formula is C12H11N3S2. The average molecular weight is 261 g/mol. The van der Waals surface area contributed by atoms with Crippen molar-refractivity contribution < 1.29 is 0 Å². The Hall–Kier alpha value is -1.35. The monoisotopic (exact) mass is 261 g/mol. The van der Waals surface area contributed by atoms with Crippen molar-refractivity contribution in [3.05, 3.63) is 40.9 Å². The molecular weight excluding hydrogens is 250 g/mol. The summed E-state index contributed by atoms with van der Waals surface area (Å²) in [6.07, 6.45) is 0. The van der Waals surface area contributed by atoms with Crippen LogP contribution in [0, 0.1) is 11.8 Å². The van der Waals surface area contributed by atoms with E-state index in [9.17, 15) is 0 Å². The molecule has 0 aliphatic heterocycles. The van der Waals surface area contributed by atoms with Crippen LogP contribution in [-0.4, -0.2) is 16.7 Å². The third-order valence-electron chi connectivity index (χ3n) is 1.96. The standard InChI is InChI=1S/C12H11N3S2/c13-6-2-5-10-3-1-4-11(7-10)8-16-12-15-14-9-17-12/h1,3-4,7,9H,6,8,13H2. The minimum atomic E-state index is 0.393. The Balaban J connectivity index is 2.01. The number of nitrogens with two attached hydrogens (primary N) is 1. The zero-order valence-corrected chi connectivity index (χ0v) is 10.7. The maximum atomic E-state index is 5.35. The number of hydrogen-bond donors (Lipinski definition) is 1. The summed E-state index contributed by atoms with van der Waals surface area (Å²) in [7, 11) is 0. The molecule has 2 N–H and O–H groups in total. The molecule has 0 spiro atoms. The quantitative estimate of drug-likeness (QED) is 0.679. The molecule has 0 aliphatic carbocycles. The van der Waals surface area contributed by atoms with E-state index in [1.807, 2.05) is 12.1 Å². The van der Waals surface area contributed by atoms with Crippen molar-refractivity contribution in [3.63, 3.8) is 0 Å². The van der Waals surface area contributed by atoms with Crippen molar-refractivity contribution in [1.82, 2.24) is 10.2 Å². The smallest absolute Gasteiger partial charge is 0.174 e. The molecule has 0 saturated carbocycles. The van der Waals surface area contributed by atoms with Gasteiger partial charge in [0.05, 0.1) is 6.54 Å². The average Bonchev–Trinajstić information content (AvgIpc) is 2.87. The topological polar surface area (TPSA) is 51.8 Å². The van der Waals surface area contributed by atoms with E-state index in [1.165, 1.54) is 5.56 Å². The molecule has 2 aromatic rings. The second-order valence-electron chi connectivity index (χ2n) is 3.20. The van der Waals surface area contributed by atoms with Crippen LogP contribution in [0.25, 0.3) is 0 Å². The number of benzene rings is 1. The third-order valence-corrected chi connectivity index (χ3v) is 3.90. The largest absolute Gasteiger partial charge is 0.320 e. The van der Waals surface area contributed by atoms with E-state index in [0.29, 0.717) is 6.54 Å². The first-order chi connectivity index (χ1) is 8.38. The molecule has 0 aliphatic rings. The lowest BCUT2D eigenvalue weighted by atomic mass is 10.1. The molecule has 3 nitrogen and oxygen atoms in total. The van der Waals surface area contributed by atoms with Gasteiger partial charge in [-0.05, 0) is 17.7 Å². The third kappa shape index (κ3) is 3.86. The van der Waals surface area contributed by atoms with Gasteiger partial charge in [0, 0.05) is 11.3 Å². The van der Waals surface area contributed by atoms with Crippen LogP contribution in [0.15, 0.2) is 34.1 Å². The van der Waals surface area contributed by atoms with Gasteiger partial charge in [-0.3, -0.25) is 0 Å². The van der Waals surface area contributed by atoms with Crippen LogP contribution in [0.2, 0.25) is 0 Å². The van der Waals surface area contributed by atoms with Crippen LogP contribution in [0.3, 0.4) is 0 Å². The Morgan fingerprint density at radius 1 is 1.41 bits per heavy atom. The van der Waals surface area contributed by atoms with Crippen molar-refractivity contribution in [1.29, 1.82) is 0 Å². The fourth-order valence-corrected chi connectivity index (χ4v) is 2.69. The first-order valence-electron chi connectivity index (χ1n) is 5.05. The lowest BCUT2D eigenvalue weighted by molar-refractivity contribution is 1.01. The summed E-state index contributed by atoms with van der Waals surface area (Å²) in [4.78, 5) is 0. The van der Waals surface area contributed by atoms with Gasteiger partial charge < -0.3 is 5.73 Å². The van der Waals surface area contributed by atoms with Crippen LogP contribution in [0.1, 0.15) is 11.1 Å². The minimum absolute atomic E-state index is 0.393. The van der Waals surface area contributed by atoms with Crippen LogP contribution < -0.4 is 5.73 Å². The van der Waals surface area contributed by atoms with E-state index < -0.39 is 0 Å². The normalized spacial score (nSPS) is 9.71. The van der Waals surface area contributed by atoms with Gasteiger partial charge in [0.15, 0.2) is 4.34 Å². The molecule has 0 bridgehead atoms. The molecule has 0 atom stereocenters. The second kappa shape index (κ2) is 6.40. The highest BCUT2D eigenvalue weighted by molar-refractivity contribution is 8.00. The van der Waals surface area contributed by atoms with Crippen LogP contribution in [0.4, 0.5) is 0 Å². The van der Waals surface area contributed by atoms with E-state index >= 15 is 0 Å². The zero-order chi connectivity index (χ0) is 11.9. The summed E-state index contributed by atoms with van der Waals surface area (Å²) < 4.78 is 0.989. The maximum Gasteiger partial charge on any atom is 0.174 e. The van der Waals surface area contributed by atoms with Crippen molar-refractivity contribution in [2.75, 3.05) is 6.54 Å². The summed E-state index contributed by atoms with van der Waals surface area (Å²) in [6.45, 7) is 0.393. The Labute approximate surface area is 108 Å². The van der Waals surface area contributed by atoms with Gasteiger partial charge in [-0.2, -0.15) is 0 Å². The van der Waals surface area contributed by atoms with E-state index in [-0.39, 0.29) is 0 Å². The van der Waals surface area contributed by atoms with Crippen LogP contribution in [-0.2, 0) is 5.75 Å². The van der Waals surface area contributed by atoms with Gasteiger partial charge in [-0.15, -0.1) is 10.2 Å². The van der Waals surface area contributed by atoms with Crippen LogP contribution >= 0.6 is 23.1 Å². The van der Waals surface area contributed by atoms with E-state index in [4.69, 9.17) is 5.73 Å². The van der Waals surface area contributed by atoms with E-state index in [0.717, 1.165) is 15.7 Å². The lowest BCUT2D eigenvalue weighted by Crippen LogP contribution is -1.93. The summed E-state index contributed by atoms with van der Waals surface area (Å²) in [5.41, 5.74) is 9.32. The molecule has 17 heavy (non-hydrogen) atoms. The molecule has 86 valence electrons. The zero-order valence-electron chi connectivity index (χ0n) is 9.09. The SMILES string of the molecule is NCC#Cc1cccc(CSc2nncs2)c1. The van der Waals surface area contributed by atoms with Crippen molar-refractivity contribution in [2.24, 2.45) is 5.73 Å². The first-order valence-corrected chi connectivity index (χ1v) is 6.92. The van der Waals surface area contributed by atoms with Crippen molar-refractivity contribution >= 4 is 23.1 Å². The number of thioether (sulfide) groups is 1. The van der Waals surface area contributed by atoms with Gasteiger partial charge >= 0.3 is 0 Å². The van der Waals surface area contributed by atoms with Gasteiger partial charge in [0.1, 0.15) is 5.51 Å². The predicted molar refractivity (Wildman–Crippen MR) is 71.8 cm³/mol. The summed E-state index contributed by atoms with van der Waals surface area (Å²) in [5, 5.41) is 7.79. The molecule has 0 radical (unpaired) electrons. The molecule has 0 amide bonds. The second-order valence-corrected chi connectivity index (χ2v) is 5.26. The van der Waals surface area contributed by atoms with Gasteiger partial charge in [0.25, 0.3) is 0 Å². The Bertz CT molecular complexity index is 526. The number of aromatic nitrogens is 2. The van der Waals surface area contributed by atoms with Gasteiger partial charge in [-0.25, -0.2) is 0 Å². The number of hydrogen-bond acceptors (Lipinski definition) is 5. The number of rotatable bonds is 3. The molecule has 2 rings (SSSR count). The fraction of sp³-hybridized carbons (Fsp3) is 0.167. The Kier molecular flexibility index (Phi) is 4.56. The summed E-state index contributed by atoms with van der Waals surface area (Å²) in [6, 6.07) is 8.16. The highest BCUT2D eigenvalue weighted by Crippen LogP contribution is 2.23. The van der Waals surface area contributed by atoms with E-state index in [1.54, 1.807) is 28.6 Å². The summed E-state index contributed by atoms with van der Waals surface area (Å²) >= 11 is 3.24. The lowest BCUT2D eigenvalue weighted by Gasteiger charge is -1.99. The highest BCUT2D eigenvalue weighted by atomic mass is 32.2. The Morgan fingerprint density at radius 2 is 2.35 bits per heavy atom. The molecule has 0 fully saturated rings. The summed E-state index contributed by atoms with van der Waals surface area (Å²) in [5.74, 6) is 6.76. The molecule has 1 heterocycles. The minimum Gasteiger partial charge on any atom is -0.320 e. The molecule has 1 aromatic heterocycles. The van der Waals surface area contributed by atoms with E-state index in [2.05, 4.69) is 34.2 Å². The highest BCUT2D eigenvalue weighted by Gasteiger charge is 1.99. The Morgan fingerprint density at radius 3 is 3.12 bits per heavy atom. The van der Waals surface area contributed by atoms with Gasteiger partial charge in [-0.1, -0.05) is 47.1 Å². The van der Waals surface area contributed by atoms with Gasteiger partial charge in [0.2, 0.25) is 0 Å². The van der Waals surface area contributed by atoms with Crippen LogP contribution in [0.5, 0.6) is 0 Å². The molecule has 0 saturated heterocycles. The molecule has 0 unspecified atom stereocenters. The van der Waals surface area contributed by atoms with Crippen molar-refractivity contribution in [3.8, 4) is 11.8 Å². The molecule has 5 heteroatoms. The number of nitrogens with zero attached hydrogens (tertiary/aromatic N) is 2.